The molecule has 0 radical (unpaired) electrons. The smallest absolute Gasteiger partial charge is 0.471 e. The summed E-state index contributed by atoms with van der Waals surface area (Å²) in [4.78, 5) is 21.2. The fourth-order valence-corrected chi connectivity index (χ4v) is 0.976. The molecule has 0 saturated carbocycles. The van der Waals surface area contributed by atoms with Crippen LogP contribution in [0, 0.1) is 0 Å². The standard InChI is InChI=1S/C7H6F3N3O3/c1-13-4(5(14)15)3(2-11-13)12-6(16)7(8,9)10/h2H,1H3,(H,12,16)(H,14,15). The van der Waals surface area contributed by atoms with Crippen molar-refractivity contribution in [3.8, 4) is 0 Å². The summed E-state index contributed by atoms with van der Waals surface area (Å²) >= 11 is 0. The van der Waals surface area contributed by atoms with Crippen molar-refractivity contribution in [1.29, 1.82) is 0 Å². The molecule has 0 spiro atoms. The number of halogens is 3. The van der Waals surface area contributed by atoms with E-state index in [1.54, 1.807) is 0 Å². The average molecular weight is 237 g/mol. The zero-order chi connectivity index (χ0) is 12.5. The van der Waals surface area contributed by atoms with Gasteiger partial charge in [0.2, 0.25) is 0 Å². The molecule has 16 heavy (non-hydrogen) atoms. The molecule has 1 heterocycles. The van der Waals surface area contributed by atoms with E-state index in [9.17, 15) is 22.8 Å². The van der Waals surface area contributed by atoms with Gasteiger partial charge in [0, 0.05) is 7.05 Å². The third-order valence-corrected chi connectivity index (χ3v) is 1.65. The van der Waals surface area contributed by atoms with Gasteiger partial charge in [-0.3, -0.25) is 9.48 Å². The first-order valence-corrected chi connectivity index (χ1v) is 3.87. The van der Waals surface area contributed by atoms with Crippen LogP contribution in [0.25, 0.3) is 0 Å². The second-order valence-corrected chi connectivity index (χ2v) is 2.79. The van der Waals surface area contributed by atoms with Crippen LogP contribution in [-0.4, -0.2) is 32.9 Å². The highest BCUT2D eigenvalue weighted by atomic mass is 19.4. The van der Waals surface area contributed by atoms with Gasteiger partial charge in [0.1, 0.15) is 0 Å². The predicted molar refractivity (Wildman–Crippen MR) is 44.9 cm³/mol. The Labute approximate surface area is 86.7 Å². The van der Waals surface area contributed by atoms with E-state index in [2.05, 4.69) is 5.10 Å². The number of anilines is 1. The molecule has 0 unspecified atom stereocenters. The van der Waals surface area contributed by atoms with Crippen molar-refractivity contribution >= 4 is 17.6 Å². The molecule has 0 atom stereocenters. The van der Waals surface area contributed by atoms with Crippen molar-refractivity contribution in [2.45, 2.75) is 6.18 Å². The normalized spacial score (nSPS) is 11.2. The molecule has 0 aliphatic rings. The van der Waals surface area contributed by atoms with Gasteiger partial charge in [0.25, 0.3) is 0 Å². The molecule has 1 aromatic rings. The van der Waals surface area contributed by atoms with Crippen LogP contribution >= 0.6 is 0 Å². The van der Waals surface area contributed by atoms with E-state index < -0.39 is 29.4 Å². The summed E-state index contributed by atoms with van der Waals surface area (Å²) in [6, 6.07) is 0. The number of nitrogens with one attached hydrogen (secondary N) is 1. The summed E-state index contributed by atoms with van der Waals surface area (Å²) in [5, 5.41) is 13.5. The third-order valence-electron chi connectivity index (χ3n) is 1.65. The number of hydrogen-bond acceptors (Lipinski definition) is 3. The number of hydrogen-bond donors (Lipinski definition) is 2. The Morgan fingerprint density at radius 3 is 2.50 bits per heavy atom. The van der Waals surface area contributed by atoms with E-state index in [0.717, 1.165) is 10.9 Å². The van der Waals surface area contributed by atoms with Crippen LogP contribution in [-0.2, 0) is 11.8 Å². The molecule has 2 N–H and O–H groups in total. The maximum atomic E-state index is 11.9. The van der Waals surface area contributed by atoms with E-state index in [1.165, 1.54) is 12.4 Å². The Kier molecular flexibility index (Phi) is 2.88. The Morgan fingerprint density at radius 2 is 2.06 bits per heavy atom. The summed E-state index contributed by atoms with van der Waals surface area (Å²) in [6.07, 6.45) is -4.25. The summed E-state index contributed by atoms with van der Waals surface area (Å²) in [7, 11) is 1.23. The molecule has 88 valence electrons. The topological polar surface area (TPSA) is 84.2 Å². The lowest BCUT2D eigenvalue weighted by Gasteiger charge is -2.06. The van der Waals surface area contributed by atoms with Crippen LogP contribution in [0.2, 0.25) is 0 Å². The van der Waals surface area contributed by atoms with Gasteiger partial charge in [-0.1, -0.05) is 0 Å². The van der Waals surface area contributed by atoms with Gasteiger partial charge in [-0.2, -0.15) is 18.3 Å². The molecule has 0 aliphatic heterocycles. The number of alkyl halides is 3. The number of aryl methyl sites for hydroxylation is 1. The second kappa shape index (κ2) is 3.83. The molecule has 6 nitrogen and oxygen atoms in total. The summed E-state index contributed by atoms with van der Waals surface area (Å²) < 4.78 is 36.5. The first-order chi connectivity index (χ1) is 7.23. The quantitative estimate of drug-likeness (QED) is 0.789. The van der Waals surface area contributed by atoms with Gasteiger partial charge in [-0.25, -0.2) is 4.79 Å². The molecule has 0 saturated heterocycles. The molecule has 1 rings (SSSR count). The lowest BCUT2D eigenvalue weighted by Crippen LogP contribution is -2.30. The number of aromatic carboxylic acids is 1. The SMILES string of the molecule is Cn1ncc(NC(=O)C(F)(F)F)c1C(=O)O. The summed E-state index contributed by atoms with van der Waals surface area (Å²) in [6.45, 7) is 0. The number of carboxylic acids is 1. The third kappa shape index (κ3) is 2.30. The Hall–Kier alpha value is -2.06. The van der Waals surface area contributed by atoms with Gasteiger partial charge in [-0.05, 0) is 0 Å². The minimum absolute atomic E-state index is 0.502. The van der Waals surface area contributed by atoms with Crippen LogP contribution in [0.3, 0.4) is 0 Å². The minimum atomic E-state index is -5.08. The highest BCUT2D eigenvalue weighted by Crippen LogP contribution is 2.20. The van der Waals surface area contributed by atoms with Gasteiger partial charge in [-0.15, -0.1) is 0 Å². The van der Waals surface area contributed by atoms with Crippen molar-refractivity contribution in [3.63, 3.8) is 0 Å². The summed E-state index contributed by atoms with van der Waals surface area (Å²) in [5.74, 6) is -3.74. The number of carbonyl (C=O) groups excluding carboxylic acids is 1. The van der Waals surface area contributed by atoms with Crippen LogP contribution in [0.4, 0.5) is 18.9 Å². The minimum Gasteiger partial charge on any atom is -0.476 e. The van der Waals surface area contributed by atoms with Crippen LogP contribution in [0.5, 0.6) is 0 Å². The number of aromatic nitrogens is 2. The van der Waals surface area contributed by atoms with E-state index in [4.69, 9.17) is 5.11 Å². The number of amides is 1. The molecule has 0 aliphatic carbocycles. The number of rotatable bonds is 2. The Balaban J connectivity index is 2.99. The van der Waals surface area contributed by atoms with Crippen LogP contribution < -0.4 is 5.32 Å². The van der Waals surface area contributed by atoms with E-state index >= 15 is 0 Å². The zero-order valence-corrected chi connectivity index (χ0v) is 7.87. The lowest BCUT2D eigenvalue weighted by molar-refractivity contribution is -0.167. The molecule has 1 aromatic heterocycles. The van der Waals surface area contributed by atoms with Crippen LogP contribution in [0.15, 0.2) is 6.20 Å². The first kappa shape index (κ1) is 12.0. The maximum absolute atomic E-state index is 11.9. The Morgan fingerprint density at radius 1 is 1.50 bits per heavy atom. The molecular weight excluding hydrogens is 231 g/mol. The number of nitrogens with zero attached hydrogens (tertiary/aromatic N) is 2. The lowest BCUT2D eigenvalue weighted by atomic mass is 10.3. The number of carbonyl (C=O) groups is 2. The molecular formula is C7H6F3N3O3. The monoisotopic (exact) mass is 237 g/mol. The highest BCUT2D eigenvalue weighted by molar-refractivity contribution is 6.01. The Bertz CT molecular complexity index is 438. The fraction of sp³-hybridized carbons (Fsp3) is 0.286. The molecule has 0 fully saturated rings. The van der Waals surface area contributed by atoms with E-state index in [0.29, 0.717) is 0 Å². The van der Waals surface area contributed by atoms with Gasteiger partial charge in [0.05, 0.1) is 11.9 Å². The first-order valence-electron chi connectivity index (χ1n) is 3.87. The van der Waals surface area contributed by atoms with Gasteiger partial charge < -0.3 is 10.4 Å². The van der Waals surface area contributed by atoms with Crippen molar-refractivity contribution in [3.05, 3.63) is 11.9 Å². The van der Waals surface area contributed by atoms with Crippen molar-refractivity contribution in [2.75, 3.05) is 5.32 Å². The number of carboxylic acid groups (broad SMARTS) is 1. The molecule has 0 bridgehead atoms. The second-order valence-electron chi connectivity index (χ2n) is 2.79. The van der Waals surface area contributed by atoms with E-state index in [1.807, 2.05) is 0 Å². The molecule has 9 heteroatoms. The predicted octanol–water partition coefficient (Wildman–Crippen LogP) is 0.619. The average Bonchev–Trinajstić information content (AvgIpc) is 2.45. The van der Waals surface area contributed by atoms with Crippen molar-refractivity contribution in [2.24, 2.45) is 7.05 Å². The van der Waals surface area contributed by atoms with Gasteiger partial charge >= 0.3 is 18.1 Å². The maximum Gasteiger partial charge on any atom is 0.471 e. The molecule has 0 aromatic carbocycles. The zero-order valence-electron chi connectivity index (χ0n) is 7.87. The van der Waals surface area contributed by atoms with Crippen LogP contribution in [0.1, 0.15) is 10.5 Å². The van der Waals surface area contributed by atoms with Gasteiger partial charge in [0.15, 0.2) is 5.69 Å². The van der Waals surface area contributed by atoms with Crippen molar-refractivity contribution < 1.29 is 27.9 Å². The highest BCUT2D eigenvalue weighted by Gasteiger charge is 2.39. The molecule has 1 amide bonds. The largest absolute Gasteiger partial charge is 0.476 e. The van der Waals surface area contributed by atoms with E-state index in [-0.39, 0.29) is 0 Å². The fourth-order valence-electron chi connectivity index (χ4n) is 0.976. The summed E-state index contributed by atoms with van der Waals surface area (Å²) in [5.41, 5.74) is -1.03. The van der Waals surface area contributed by atoms with Crippen molar-refractivity contribution in [1.82, 2.24) is 9.78 Å².